The minimum atomic E-state index is -0.686. The van der Waals surface area contributed by atoms with Crippen LogP contribution in [0, 0.1) is 13.8 Å². The van der Waals surface area contributed by atoms with Gasteiger partial charge in [-0.1, -0.05) is 19.4 Å². The Morgan fingerprint density at radius 3 is 2.58 bits per heavy atom. The van der Waals surface area contributed by atoms with Crippen molar-refractivity contribution < 1.29 is 9.90 Å². The molecule has 104 valence electrons. The molecule has 1 aromatic carbocycles. The molecule has 4 nitrogen and oxygen atoms in total. The number of carbonyl (C=O) groups is 1. The first-order valence-corrected chi connectivity index (χ1v) is 6.74. The summed E-state index contributed by atoms with van der Waals surface area (Å²) in [6.45, 7) is 6.73. The van der Waals surface area contributed by atoms with E-state index in [2.05, 4.69) is 0 Å². The largest absolute Gasteiger partial charge is 0.398 e. The summed E-state index contributed by atoms with van der Waals surface area (Å²) in [5, 5.41) is 10.1. The molecule has 0 radical (unpaired) electrons. The smallest absolute Gasteiger partial charge is 0.254 e. The van der Waals surface area contributed by atoms with Gasteiger partial charge in [0.25, 0.3) is 5.91 Å². The molecule has 19 heavy (non-hydrogen) atoms. The molecule has 1 saturated heterocycles. The number of hydrogen-bond acceptors (Lipinski definition) is 3. The van der Waals surface area contributed by atoms with E-state index in [0.29, 0.717) is 24.3 Å². The van der Waals surface area contributed by atoms with Gasteiger partial charge in [0.2, 0.25) is 0 Å². The van der Waals surface area contributed by atoms with Gasteiger partial charge < -0.3 is 15.7 Å². The summed E-state index contributed by atoms with van der Waals surface area (Å²) in [4.78, 5) is 14.0. The zero-order valence-electron chi connectivity index (χ0n) is 11.9. The van der Waals surface area contributed by atoms with E-state index >= 15 is 0 Å². The van der Waals surface area contributed by atoms with Crippen molar-refractivity contribution in [3.63, 3.8) is 0 Å². The number of nitrogens with zero attached hydrogens (tertiary/aromatic N) is 1. The lowest BCUT2D eigenvalue weighted by molar-refractivity contribution is -0.0860. The molecule has 3 N–H and O–H groups in total. The number of carbonyl (C=O) groups excluding carboxylic acids is 1. The van der Waals surface area contributed by atoms with Crippen LogP contribution in [0.3, 0.4) is 0 Å². The van der Waals surface area contributed by atoms with Crippen LogP contribution in [0.4, 0.5) is 5.69 Å². The third-order valence-electron chi connectivity index (χ3n) is 3.82. The monoisotopic (exact) mass is 262 g/mol. The summed E-state index contributed by atoms with van der Waals surface area (Å²) in [6.07, 6.45) is 1.67. The first-order valence-electron chi connectivity index (χ1n) is 6.74. The lowest BCUT2D eigenvalue weighted by Crippen LogP contribution is -2.63. The van der Waals surface area contributed by atoms with Crippen LogP contribution in [-0.4, -0.2) is 34.6 Å². The van der Waals surface area contributed by atoms with E-state index in [4.69, 9.17) is 5.73 Å². The second-order valence-corrected chi connectivity index (χ2v) is 5.66. The van der Waals surface area contributed by atoms with Crippen LogP contribution in [0.5, 0.6) is 0 Å². The Hall–Kier alpha value is -1.55. The van der Waals surface area contributed by atoms with Crippen molar-refractivity contribution in [3.05, 3.63) is 28.8 Å². The standard InChI is InChI=1S/C15H22N2O2/c1-4-5-15(19)8-17(9-15)14(18)12-7-13(16)11(3)6-10(12)2/h6-7,19H,4-5,8-9,16H2,1-3H3. The van der Waals surface area contributed by atoms with Crippen molar-refractivity contribution in [2.45, 2.75) is 39.2 Å². The summed E-state index contributed by atoms with van der Waals surface area (Å²) in [7, 11) is 0. The summed E-state index contributed by atoms with van der Waals surface area (Å²) in [5.41, 5.74) is 8.38. The van der Waals surface area contributed by atoms with Gasteiger partial charge in [0, 0.05) is 11.3 Å². The van der Waals surface area contributed by atoms with Gasteiger partial charge in [-0.3, -0.25) is 4.79 Å². The van der Waals surface area contributed by atoms with Gasteiger partial charge in [-0.15, -0.1) is 0 Å². The second kappa shape index (κ2) is 4.85. The highest BCUT2D eigenvalue weighted by atomic mass is 16.3. The summed E-state index contributed by atoms with van der Waals surface area (Å²) in [5.74, 6) is -0.0371. The molecule has 1 heterocycles. The van der Waals surface area contributed by atoms with E-state index in [9.17, 15) is 9.90 Å². The predicted molar refractivity (Wildman–Crippen MR) is 76.1 cm³/mol. The van der Waals surface area contributed by atoms with Crippen molar-refractivity contribution in [2.75, 3.05) is 18.8 Å². The van der Waals surface area contributed by atoms with Gasteiger partial charge in [-0.2, -0.15) is 0 Å². The predicted octanol–water partition coefficient (Wildman–Crippen LogP) is 1.87. The lowest BCUT2D eigenvalue weighted by atomic mass is 9.88. The van der Waals surface area contributed by atoms with Crippen molar-refractivity contribution >= 4 is 11.6 Å². The molecule has 1 aliphatic heterocycles. The second-order valence-electron chi connectivity index (χ2n) is 5.66. The fourth-order valence-electron chi connectivity index (χ4n) is 2.70. The average Bonchev–Trinajstić information content (AvgIpc) is 2.30. The van der Waals surface area contributed by atoms with Crippen LogP contribution in [0.25, 0.3) is 0 Å². The molecule has 0 bridgehead atoms. The third-order valence-corrected chi connectivity index (χ3v) is 3.82. The molecule has 0 saturated carbocycles. The minimum absolute atomic E-state index is 0.0371. The number of rotatable bonds is 3. The maximum atomic E-state index is 12.4. The maximum Gasteiger partial charge on any atom is 0.254 e. The van der Waals surface area contributed by atoms with Crippen molar-refractivity contribution in [3.8, 4) is 0 Å². The van der Waals surface area contributed by atoms with Crippen LogP contribution < -0.4 is 5.73 Å². The SMILES string of the molecule is CCCC1(O)CN(C(=O)c2cc(N)c(C)cc2C)C1. The third kappa shape index (κ3) is 2.59. The number of likely N-dealkylation sites (tertiary alicyclic amines) is 1. The molecule has 1 aliphatic rings. The molecule has 0 spiro atoms. The number of aliphatic hydroxyl groups is 1. The number of nitrogens with two attached hydrogens (primary N) is 1. The minimum Gasteiger partial charge on any atom is -0.398 e. The molecular weight excluding hydrogens is 240 g/mol. The molecule has 1 aromatic rings. The van der Waals surface area contributed by atoms with Gasteiger partial charge in [-0.25, -0.2) is 0 Å². The van der Waals surface area contributed by atoms with Crippen LogP contribution in [0.2, 0.25) is 0 Å². The van der Waals surface area contributed by atoms with Gasteiger partial charge in [0.05, 0.1) is 18.7 Å². The van der Waals surface area contributed by atoms with E-state index in [-0.39, 0.29) is 5.91 Å². The van der Waals surface area contributed by atoms with Crippen LogP contribution in [0.15, 0.2) is 12.1 Å². The Morgan fingerprint density at radius 2 is 2.00 bits per heavy atom. The fraction of sp³-hybridized carbons (Fsp3) is 0.533. The lowest BCUT2D eigenvalue weighted by Gasteiger charge is -2.46. The highest BCUT2D eigenvalue weighted by Gasteiger charge is 2.43. The van der Waals surface area contributed by atoms with E-state index in [0.717, 1.165) is 24.0 Å². The van der Waals surface area contributed by atoms with Crippen molar-refractivity contribution in [1.82, 2.24) is 4.90 Å². The highest BCUT2D eigenvalue weighted by Crippen LogP contribution is 2.28. The summed E-state index contributed by atoms with van der Waals surface area (Å²) in [6, 6.07) is 3.67. The molecule has 4 heteroatoms. The number of nitrogen functional groups attached to an aromatic ring is 1. The number of anilines is 1. The highest BCUT2D eigenvalue weighted by molar-refractivity contribution is 5.97. The quantitative estimate of drug-likeness (QED) is 0.817. The fourth-order valence-corrected chi connectivity index (χ4v) is 2.70. The molecule has 0 aromatic heterocycles. The zero-order chi connectivity index (χ0) is 14.2. The molecule has 2 rings (SSSR count). The summed E-state index contributed by atoms with van der Waals surface area (Å²) >= 11 is 0. The van der Waals surface area contributed by atoms with E-state index in [1.54, 1.807) is 11.0 Å². The Balaban J connectivity index is 2.12. The van der Waals surface area contributed by atoms with E-state index in [1.165, 1.54) is 0 Å². The summed E-state index contributed by atoms with van der Waals surface area (Å²) < 4.78 is 0. The van der Waals surface area contributed by atoms with Gasteiger partial charge >= 0.3 is 0 Å². The number of benzene rings is 1. The van der Waals surface area contributed by atoms with Crippen LogP contribution in [-0.2, 0) is 0 Å². The molecule has 0 unspecified atom stereocenters. The van der Waals surface area contributed by atoms with Crippen molar-refractivity contribution in [1.29, 1.82) is 0 Å². The van der Waals surface area contributed by atoms with Gasteiger partial charge in [0.15, 0.2) is 0 Å². The Labute approximate surface area is 114 Å². The molecular formula is C15H22N2O2. The molecule has 0 aliphatic carbocycles. The van der Waals surface area contributed by atoms with Crippen LogP contribution in [0.1, 0.15) is 41.3 Å². The first kappa shape index (κ1) is 13.9. The Kier molecular flexibility index (Phi) is 3.54. The Bertz CT molecular complexity index is 505. The van der Waals surface area contributed by atoms with E-state index < -0.39 is 5.60 Å². The van der Waals surface area contributed by atoms with Crippen molar-refractivity contribution in [2.24, 2.45) is 0 Å². The number of β-amino-alcohol motifs (C(OH)–C–C–N with tert-alkyl or cyclic N) is 1. The number of hydrogen-bond donors (Lipinski definition) is 2. The van der Waals surface area contributed by atoms with Gasteiger partial charge in [0.1, 0.15) is 0 Å². The Morgan fingerprint density at radius 1 is 1.37 bits per heavy atom. The zero-order valence-corrected chi connectivity index (χ0v) is 11.9. The number of amides is 1. The number of aryl methyl sites for hydroxylation is 2. The van der Waals surface area contributed by atoms with Crippen LogP contribution >= 0.6 is 0 Å². The normalized spacial score (nSPS) is 17.2. The van der Waals surface area contributed by atoms with E-state index in [1.807, 2.05) is 26.8 Å². The molecule has 0 atom stereocenters. The van der Waals surface area contributed by atoms with Gasteiger partial charge in [-0.05, 0) is 37.5 Å². The average molecular weight is 262 g/mol. The first-order chi connectivity index (χ1) is 8.86. The topological polar surface area (TPSA) is 66.6 Å². The molecule has 1 amide bonds. The maximum absolute atomic E-state index is 12.4. The molecule has 1 fully saturated rings.